The number of allylic oxidation sites excluding steroid dienone is 3. The molecule has 0 saturated heterocycles. The van der Waals surface area contributed by atoms with Gasteiger partial charge in [0.1, 0.15) is 11.9 Å². The van der Waals surface area contributed by atoms with Gasteiger partial charge in [-0.25, -0.2) is 9.59 Å². The third kappa shape index (κ3) is 3.68. The highest BCUT2D eigenvalue weighted by molar-refractivity contribution is 5.99. The molecule has 5 rings (SSSR count). The van der Waals surface area contributed by atoms with E-state index >= 15 is 0 Å². The Kier molecular flexibility index (Phi) is 6.49. The molecule has 8 nitrogen and oxygen atoms in total. The number of carbonyl (C=O) groups excluding carboxylic acids is 2. The van der Waals surface area contributed by atoms with E-state index in [4.69, 9.17) is 14.2 Å². The Bertz CT molecular complexity index is 1050. The van der Waals surface area contributed by atoms with Crippen molar-refractivity contribution in [1.82, 2.24) is 0 Å². The number of carboxylic acids is 1. The summed E-state index contributed by atoms with van der Waals surface area (Å²) in [5.74, 6) is -1.44. The normalized spacial score (nSPS) is 45.0. The summed E-state index contributed by atoms with van der Waals surface area (Å²) in [6.45, 7) is 5.80. The molecule has 4 unspecified atom stereocenters. The van der Waals surface area contributed by atoms with Crippen LogP contribution < -0.4 is 0 Å². The molecule has 5 aliphatic carbocycles. The van der Waals surface area contributed by atoms with E-state index in [1.165, 1.54) is 6.08 Å². The Morgan fingerprint density at radius 1 is 1.03 bits per heavy atom. The van der Waals surface area contributed by atoms with Crippen LogP contribution in [0.4, 0.5) is 4.79 Å². The molecule has 37 heavy (non-hydrogen) atoms. The van der Waals surface area contributed by atoms with Gasteiger partial charge >= 0.3 is 12.1 Å². The molecule has 9 atom stereocenters. The van der Waals surface area contributed by atoms with Crippen molar-refractivity contribution in [3.63, 3.8) is 0 Å². The number of hydrogen-bond acceptors (Lipinski definition) is 7. The number of methoxy groups -OCH3 is 1. The number of carboxylic acid groups (broad SMARTS) is 1. The molecular formula is C29H40O8. The van der Waals surface area contributed by atoms with Crippen molar-refractivity contribution >= 4 is 17.9 Å². The number of aliphatic hydroxyl groups is 1. The number of rotatable bonds is 4. The van der Waals surface area contributed by atoms with Crippen LogP contribution in [0.15, 0.2) is 23.5 Å². The van der Waals surface area contributed by atoms with E-state index in [2.05, 4.69) is 0 Å². The summed E-state index contributed by atoms with van der Waals surface area (Å²) in [5.41, 5.74) is -2.22. The maximum atomic E-state index is 13.2. The number of aliphatic hydroxyl groups excluding tert-OH is 1. The van der Waals surface area contributed by atoms with Gasteiger partial charge in [0.15, 0.2) is 5.78 Å². The van der Waals surface area contributed by atoms with E-state index in [0.717, 1.165) is 31.3 Å². The number of aliphatic carboxylic acids is 1. The maximum absolute atomic E-state index is 13.2. The Morgan fingerprint density at radius 3 is 2.41 bits per heavy atom. The van der Waals surface area contributed by atoms with Gasteiger partial charge in [-0.15, -0.1) is 0 Å². The average Bonchev–Trinajstić information content (AvgIpc) is 3.07. The van der Waals surface area contributed by atoms with E-state index in [1.54, 1.807) is 13.2 Å². The van der Waals surface area contributed by atoms with Gasteiger partial charge in [-0.2, -0.15) is 0 Å². The SMILES string of the molecule is COC1CCCCC1OC(=O)OC1(C(=O)O)C(C)C[C@H]2[C@@H]3CCC4=CC(O)=CC(=O)[C@]4(C)[C@H]3CC[C@@]21C. The molecule has 4 saturated carbocycles. The first-order chi connectivity index (χ1) is 17.5. The monoisotopic (exact) mass is 516 g/mol. The highest BCUT2D eigenvalue weighted by Gasteiger charge is 2.72. The Balaban J connectivity index is 1.43. The van der Waals surface area contributed by atoms with Crippen LogP contribution in [-0.2, 0) is 23.8 Å². The van der Waals surface area contributed by atoms with Gasteiger partial charge in [0, 0.05) is 24.5 Å². The van der Waals surface area contributed by atoms with Gasteiger partial charge in [-0.05, 0) is 82.1 Å². The second-order valence-electron chi connectivity index (χ2n) is 12.4. The van der Waals surface area contributed by atoms with Crippen LogP contribution in [0.1, 0.15) is 78.6 Å². The summed E-state index contributed by atoms with van der Waals surface area (Å²) >= 11 is 0. The molecule has 0 aliphatic heterocycles. The van der Waals surface area contributed by atoms with Crippen molar-refractivity contribution < 1.29 is 38.8 Å². The van der Waals surface area contributed by atoms with Crippen molar-refractivity contribution in [2.45, 2.75) is 96.4 Å². The molecule has 2 N–H and O–H groups in total. The number of ketones is 1. The number of fused-ring (bicyclic) bond motifs is 5. The van der Waals surface area contributed by atoms with Crippen molar-refractivity contribution in [2.75, 3.05) is 7.11 Å². The summed E-state index contributed by atoms with van der Waals surface area (Å²) in [7, 11) is 1.60. The van der Waals surface area contributed by atoms with Crippen LogP contribution in [0.25, 0.3) is 0 Å². The zero-order valence-electron chi connectivity index (χ0n) is 22.3. The van der Waals surface area contributed by atoms with Crippen LogP contribution in [0.3, 0.4) is 0 Å². The molecule has 0 aromatic heterocycles. The van der Waals surface area contributed by atoms with Crippen molar-refractivity contribution in [3.05, 3.63) is 23.5 Å². The highest BCUT2D eigenvalue weighted by atomic mass is 16.7. The lowest BCUT2D eigenvalue weighted by atomic mass is 9.46. The topological polar surface area (TPSA) is 119 Å². The van der Waals surface area contributed by atoms with E-state index < -0.39 is 40.6 Å². The van der Waals surface area contributed by atoms with Crippen molar-refractivity contribution in [2.24, 2.45) is 34.5 Å². The molecular weight excluding hydrogens is 476 g/mol. The first-order valence-corrected chi connectivity index (χ1v) is 13.8. The quantitative estimate of drug-likeness (QED) is 0.479. The van der Waals surface area contributed by atoms with Crippen LogP contribution in [0.2, 0.25) is 0 Å². The zero-order valence-corrected chi connectivity index (χ0v) is 22.3. The van der Waals surface area contributed by atoms with Gasteiger partial charge in [0.25, 0.3) is 0 Å². The molecule has 0 bridgehead atoms. The molecule has 204 valence electrons. The molecule has 8 heteroatoms. The zero-order chi connectivity index (χ0) is 26.8. The number of carbonyl (C=O) groups is 3. The van der Waals surface area contributed by atoms with Gasteiger partial charge in [0.2, 0.25) is 5.60 Å². The molecule has 0 radical (unpaired) electrons. The summed E-state index contributed by atoms with van der Waals surface area (Å²) < 4.78 is 17.1. The van der Waals surface area contributed by atoms with E-state index in [9.17, 15) is 24.6 Å². The lowest BCUT2D eigenvalue weighted by Gasteiger charge is -2.57. The Labute approximate surface area is 218 Å². The third-order valence-electron chi connectivity index (χ3n) is 11.0. The lowest BCUT2D eigenvalue weighted by molar-refractivity contribution is -0.195. The van der Waals surface area contributed by atoms with Gasteiger partial charge in [0.05, 0.1) is 11.5 Å². The van der Waals surface area contributed by atoms with Crippen LogP contribution >= 0.6 is 0 Å². The smallest absolute Gasteiger partial charge is 0.508 e. The van der Waals surface area contributed by atoms with Crippen molar-refractivity contribution in [3.8, 4) is 0 Å². The van der Waals surface area contributed by atoms with Gasteiger partial charge < -0.3 is 24.4 Å². The summed E-state index contributed by atoms with van der Waals surface area (Å²) in [5, 5.41) is 20.7. The van der Waals surface area contributed by atoms with Gasteiger partial charge in [-0.3, -0.25) is 4.79 Å². The van der Waals surface area contributed by atoms with Crippen LogP contribution in [0, 0.1) is 34.5 Å². The van der Waals surface area contributed by atoms with E-state index in [0.29, 0.717) is 32.1 Å². The van der Waals surface area contributed by atoms with Crippen LogP contribution in [-0.4, -0.2) is 53.0 Å². The first kappa shape index (κ1) is 26.3. The minimum atomic E-state index is -1.71. The van der Waals surface area contributed by atoms with Crippen LogP contribution in [0.5, 0.6) is 0 Å². The molecule has 0 amide bonds. The number of hydrogen-bond donors (Lipinski definition) is 2. The maximum Gasteiger partial charge on any atom is 0.509 e. The van der Waals surface area contributed by atoms with Crippen molar-refractivity contribution in [1.29, 1.82) is 0 Å². The minimum absolute atomic E-state index is 0.0107. The first-order valence-electron chi connectivity index (χ1n) is 13.8. The predicted octanol–water partition coefficient (Wildman–Crippen LogP) is 5.36. The molecule has 0 heterocycles. The standard InChI is InChI=1S/C29H40O8/c1-16-13-21-19-10-9-17-14-18(30)15-24(31)28(17,3)20(19)11-12-27(21,2)29(16,25(32)33)37-26(34)36-23-8-6-5-7-22(23)35-4/h14-16,19-23,30H,5-13H2,1-4H3,(H,32,33)/t16?,19-,20+,21+,22?,23?,27+,28+,29?/m1/s1. The molecule has 0 aromatic rings. The fourth-order valence-corrected chi connectivity index (χ4v) is 9.08. The molecule has 0 spiro atoms. The highest BCUT2D eigenvalue weighted by Crippen LogP contribution is 2.69. The Morgan fingerprint density at radius 2 is 1.73 bits per heavy atom. The lowest BCUT2D eigenvalue weighted by Crippen LogP contribution is -2.61. The summed E-state index contributed by atoms with van der Waals surface area (Å²) in [4.78, 5) is 39.4. The summed E-state index contributed by atoms with van der Waals surface area (Å²) in [6.07, 6.45) is 8.13. The molecule has 0 aromatic carbocycles. The molecule has 4 fully saturated rings. The number of ether oxygens (including phenoxy) is 3. The fourth-order valence-electron chi connectivity index (χ4n) is 9.08. The largest absolute Gasteiger partial charge is 0.509 e. The fraction of sp³-hybridized carbons (Fsp3) is 0.759. The second-order valence-corrected chi connectivity index (χ2v) is 12.4. The third-order valence-corrected chi connectivity index (χ3v) is 11.0. The molecule has 5 aliphatic rings. The average molecular weight is 517 g/mol. The van der Waals surface area contributed by atoms with E-state index in [-0.39, 0.29) is 35.4 Å². The second kappa shape index (κ2) is 9.14. The van der Waals surface area contributed by atoms with Gasteiger partial charge in [-0.1, -0.05) is 25.8 Å². The Hall–Kier alpha value is -2.35. The minimum Gasteiger partial charge on any atom is -0.508 e. The summed E-state index contributed by atoms with van der Waals surface area (Å²) in [6, 6.07) is 0. The predicted molar refractivity (Wildman–Crippen MR) is 134 cm³/mol. The van der Waals surface area contributed by atoms with E-state index in [1.807, 2.05) is 20.8 Å².